The summed E-state index contributed by atoms with van der Waals surface area (Å²) in [5.41, 5.74) is -2.18. The number of halogens is 6. The van der Waals surface area contributed by atoms with Crippen molar-refractivity contribution < 1.29 is 35.5 Å². The zero-order valence-electron chi connectivity index (χ0n) is 29.2. The SMILES string of the molecule is O=P(c1ccccc1)(c1ccccc1)[C@H]1[C@@H]2C[C@@H]([C@H]3c4ccc(C(F)(F)F)cc4-c4cc(C(F)(F)F)ccc4[C@@H]23)[C@@H]1P(=O)(c1ccccc1)c1ccccc1. The van der Waals surface area contributed by atoms with Crippen LogP contribution in [0.1, 0.15) is 40.5 Å². The monoisotopic (exact) mass is 782 g/mol. The summed E-state index contributed by atoms with van der Waals surface area (Å²) < 4.78 is 119. The summed E-state index contributed by atoms with van der Waals surface area (Å²) in [5, 5.41) is 2.36. The highest BCUT2D eigenvalue weighted by atomic mass is 31.2. The normalized spacial score (nSPS) is 23.2. The maximum atomic E-state index is 16.7. The minimum absolute atomic E-state index is 0.101. The molecule has 278 valence electrons. The minimum atomic E-state index is -4.73. The molecule has 3 aliphatic carbocycles. The summed E-state index contributed by atoms with van der Waals surface area (Å²) in [7, 11) is -7.47. The van der Waals surface area contributed by atoms with Crippen LogP contribution in [-0.4, -0.2) is 11.3 Å². The highest BCUT2D eigenvalue weighted by molar-refractivity contribution is 7.83. The highest BCUT2D eigenvalue weighted by Gasteiger charge is 2.69. The maximum absolute atomic E-state index is 16.7. The second-order valence-electron chi connectivity index (χ2n) is 14.9. The molecule has 0 N–H and O–H groups in total. The van der Waals surface area contributed by atoms with Crippen LogP contribution in [0.2, 0.25) is 0 Å². The quantitative estimate of drug-likeness (QED) is 0.125. The fraction of sp³-hybridized carbons (Fsp3) is 0.200. The Morgan fingerprint density at radius 2 is 0.709 bits per heavy atom. The number of rotatable bonds is 6. The van der Waals surface area contributed by atoms with Crippen molar-refractivity contribution in [2.45, 2.75) is 41.9 Å². The molecule has 6 aromatic rings. The van der Waals surface area contributed by atoms with Crippen molar-refractivity contribution in [3.63, 3.8) is 0 Å². The molecule has 0 radical (unpaired) electrons. The molecule has 2 fully saturated rings. The van der Waals surface area contributed by atoms with Crippen LogP contribution in [0.3, 0.4) is 0 Å². The van der Waals surface area contributed by atoms with Crippen molar-refractivity contribution in [1.29, 1.82) is 0 Å². The molecule has 0 aliphatic heterocycles. The van der Waals surface area contributed by atoms with Gasteiger partial charge < -0.3 is 9.13 Å². The summed E-state index contributed by atoms with van der Waals surface area (Å²) in [6, 6.07) is 43.4. The first kappa shape index (κ1) is 36.0. The summed E-state index contributed by atoms with van der Waals surface area (Å²) in [6.45, 7) is 0. The third-order valence-electron chi connectivity index (χ3n) is 12.2. The van der Waals surface area contributed by atoms with Crippen molar-refractivity contribution in [2.75, 3.05) is 0 Å². The van der Waals surface area contributed by atoms with Gasteiger partial charge in [-0.15, -0.1) is 0 Å². The fourth-order valence-electron chi connectivity index (χ4n) is 10.3. The van der Waals surface area contributed by atoms with Gasteiger partial charge in [0.2, 0.25) is 0 Å². The molecule has 0 amide bonds. The molecule has 3 aliphatic rings. The Labute approximate surface area is 315 Å². The van der Waals surface area contributed by atoms with E-state index in [1.807, 2.05) is 121 Å². The maximum Gasteiger partial charge on any atom is 0.416 e. The molecule has 6 aromatic carbocycles. The van der Waals surface area contributed by atoms with Crippen LogP contribution < -0.4 is 21.2 Å². The molecule has 0 heterocycles. The topological polar surface area (TPSA) is 34.1 Å². The van der Waals surface area contributed by atoms with Gasteiger partial charge in [-0.3, -0.25) is 0 Å². The van der Waals surface area contributed by atoms with Gasteiger partial charge in [-0.05, 0) is 76.6 Å². The van der Waals surface area contributed by atoms with Gasteiger partial charge >= 0.3 is 12.4 Å². The predicted molar refractivity (Wildman–Crippen MR) is 206 cm³/mol. The molecular weight excluding hydrogens is 748 g/mol. The van der Waals surface area contributed by atoms with Crippen molar-refractivity contribution in [1.82, 2.24) is 0 Å². The van der Waals surface area contributed by atoms with Crippen LogP contribution in [-0.2, 0) is 21.5 Å². The molecule has 10 heteroatoms. The van der Waals surface area contributed by atoms with E-state index >= 15 is 9.13 Å². The Morgan fingerprint density at radius 3 is 0.982 bits per heavy atom. The molecule has 0 spiro atoms. The van der Waals surface area contributed by atoms with E-state index in [4.69, 9.17) is 0 Å². The average molecular weight is 783 g/mol. The lowest BCUT2D eigenvalue weighted by Crippen LogP contribution is -2.47. The second kappa shape index (κ2) is 13.0. The third-order valence-corrected chi connectivity index (χ3v) is 19.8. The van der Waals surface area contributed by atoms with Crippen molar-refractivity contribution >= 4 is 35.5 Å². The van der Waals surface area contributed by atoms with Gasteiger partial charge in [0.15, 0.2) is 0 Å². The average Bonchev–Trinajstić information content (AvgIpc) is 3.79. The zero-order chi connectivity index (χ0) is 38.3. The van der Waals surface area contributed by atoms with E-state index in [2.05, 4.69) is 0 Å². The second-order valence-corrected chi connectivity index (χ2v) is 20.7. The first-order chi connectivity index (χ1) is 26.3. The Morgan fingerprint density at radius 1 is 0.418 bits per heavy atom. The molecule has 2 nitrogen and oxygen atoms in total. The van der Waals surface area contributed by atoms with Crippen LogP contribution in [0.5, 0.6) is 0 Å². The Bertz CT molecular complexity index is 2230. The lowest BCUT2D eigenvalue weighted by molar-refractivity contribution is -0.138. The van der Waals surface area contributed by atoms with E-state index in [-0.39, 0.29) is 11.1 Å². The predicted octanol–water partition coefficient (Wildman–Crippen LogP) is 11.0. The van der Waals surface area contributed by atoms with Crippen LogP contribution in [0.4, 0.5) is 26.3 Å². The number of alkyl halides is 6. The number of hydrogen-bond acceptors (Lipinski definition) is 2. The Kier molecular flexibility index (Phi) is 8.49. The van der Waals surface area contributed by atoms with Gasteiger partial charge in [-0.25, -0.2) is 0 Å². The van der Waals surface area contributed by atoms with Gasteiger partial charge in [-0.1, -0.05) is 133 Å². The lowest BCUT2D eigenvalue weighted by atomic mass is 9.65. The van der Waals surface area contributed by atoms with E-state index in [1.165, 1.54) is 12.1 Å². The van der Waals surface area contributed by atoms with Gasteiger partial charge in [0.1, 0.15) is 14.3 Å². The van der Waals surface area contributed by atoms with Crippen LogP contribution in [0, 0.1) is 11.8 Å². The summed E-state index contributed by atoms with van der Waals surface area (Å²) in [5.74, 6) is -1.88. The Balaban J connectivity index is 1.36. The number of fused-ring (bicyclic) bond motifs is 10. The van der Waals surface area contributed by atoms with Crippen molar-refractivity contribution in [3.8, 4) is 11.1 Å². The molecule has 0 aromatic heterocycles. The van der Waals surface area contributed by atoms with Gasteiger partial charge in [0, 0.05) is 32.5 Å². The fourth-order valence-corrected chi connectivity index (χ4v) is 18.8. The molecule has 9 rings (SSSR count). The molecule has 0 saturated heterocycles. The summed E-state index contributed by atoms with van der Waals surface area (Å²) in [4.78, 5) is 0. The highest BCUT2D eigenvalue weighted by Crippen LogP contribution is 2.78. The zero-order valence-corrected chi connectivity index (χ0v) is 30.9. The first-order valence-corrected chi connectivity index (χ1v) is 21.7. The standard InChI is InChI=1S/C45H34F6O2P2/c46-44(47,48)28-21-23-34-36(25-28)37-26-29(45(49,50)51)22-24-35(37)41-39-27-38(40(34)41)42(54(52,30-13-5-1-6-14-30)31-15-7-2-8-16-31)43(39)55(53,32-17-9-3-10-18-32)33-19-11-4-12-20-33/h1-26,38-43H,27H2/t38-,39+,40+,41-,42-,43-/m0/s1. The molecule has 2 bridgehead atoms. The summed E-state index contributed by atoms with van der Waals surface area (Å²) >= 11 is 0. The third kappa shape index (κ3) is 5.54. The molecule has 2 saturated carbocycles. The van der Waals surface area contributed by atoms with E-state index in [0.29, 0.717) is 38.8 Å². The van der Waals surface area contributed by atoms with E-state index in [9.17, 15) is 26.3 Å². The van der Waals surface area contributed by atoms with E-state index < -0.39 is 72.8 Å². The number of benzene rings is 6. The lowest BCUT2D eigenvalue weighted by Gasteiger charge is -2.49. The van der Waals surface area contributed by atoms with Gasteiger partial charge in [0.05, 0.1) is 11.1 Å². The van der Waals surface area contributed by atoms with Crippen molar-refractivity contribution in [3.05, 3.63) is 180 Å². The van der Waals surface area contributed by atoms with Crippen molar-refractivity contribution in [2.24, 2.45) is 11.8 Å². The first-order valence-electron chi connectivity index (χ1n) is 18.2. The smallest absolute Gasteiger partial charge is 0.313 e. The minimum Gasteiger partial charge on any atom is -0.313 e. The van der Waals surface area contributed by atoms with E-state index in [1.54, 1.807) is 0 Å². The van der Waals surface area contributed by atoms with Crippen LogP contribution >= 0.6 is 14.3 Å². The Hall–Kier alpha value is -4.64. The molecule has 0 unspecified atom stereocenters. The van der Waals surface area contributed by atoms with Gasteiger partial charge in [0.25, 0.3) is 0 Å². The molecule has 6 atom stereocenters. The van der Waals surface area contributed by atoms with Crippen LogP contribution in [0.15, 0.2) is 158 Å². The van der Waals surface area contributed by atoms with E-state index in [0.717, 1.165) is 24.3 Å². The largest absolute Gasteiger partial charge is 0.416 e. The van der Waals surface area contributed by atoms with Gasteiger partial charge in [-0.2, -0.15) is 26.3 Å². The molecular formula is C45H34F6O2P2. The number of hydrogen-bond donors (Lipinski definition) is 0. The summed E-state index contributed by atoms with van der Waals surface area (Å²) in [6.07, 6.45) is -9.02. The van der Waals surface area contributed by atoms with Crippen LogP contribution in [0.25, 0.3) is 11.1 Å². The molecule has 55 heavy (non-hydrogen) atoms.